The summed E-state index contributed by atoms with van der Waals surface area (Å²) in [5.41, 5.74) is 3.91. The van der Waals surface area contributed by atoms with E-state index in [1.54, 1.807) is 12.1 Å². The second-order valence-corrected chi connectivity index (χ2v) is 7.94. The fraction of sp³-hybridized carbons (Fsp3) is 0.364. The maximum atomic E-state index is 12.4. The summed E-state index contributed by atoms with van der Waals surface area (Å²) in [7, 11) is 0. The van der Waals surface area contributed by atoms with Gasteiger partial charge < -0.3 is 5.32 Å². The third kappa shape index (κ3) is 5.46. The largest absolute Gasteiger partial charge is 0.325 e. The molecule has 1 N–H and O–H groups in total. The molecule has 0 aliphatic heterocycles. The Bertz CT molecular complexity index is 728. The van der Waals surface area contributed by atoms with E-state index in [4.69, 9.17) is 0 Å². The van der Waals surface area contributed by atoms with Crippen molar-refractivity contribution >= 4 is 29.1 Å². The van der Waals surface area contributed by atoms with E-state index in [2.05, 4.69) is 45.1 Å². The van der Waals surface area contributed by atoms with Gasteiger partial charge in [0.15, 0.2) is 5.78 Å². The molecule has 0 saturated heterocycles. The van der Waals surface area contributed by atoms with E-state index in [1.165, 1.54) is 11.8 Å². The number of nitrogens with one attached hydrogen (secondary N) is 1. The molecule has 0 fully saturated rings. The second-order valence-electron chi connectivity index (χ2n) is 6.95. The molecule has 2 rings (SSSR count). The first-order valence-corrected chi connectivity index (χ1v) is 10.1. The highest BCUT2D eigenvalue weighted by molar-refractivity contribution is 8.00. The van der Waals surface area contributed by atoms with Crippen LogP contribution in [0.5, 0.6) is 0 Å². The predicted octanol–water partition coefficient (Wildman–Crippen LogP) is 5.49. The van der Waals surface area contributed by atoms with Gasteiger partial charge in [-0.3, -0.25) is 9.59 Å². The Morgan fingerprint density at radius 1 is 0.846 bits per heavy atom. The summed E-state index contributed by atoms with van der Waals surface area (Å²) in [4.78, 5) is 24.6. The molecule has 0 saturated carbocycles. The Labute approximate surface area is 160 Å². The SMILES string of the molecule is CC(C)c1cccc(C(C)C)c1NC(=O)CSCC(=O)c1ccccc1. The van der Waals surface area contributed by atoms with Crippen molar-refractivity contribution in [3.05, 3.63) is 65.2 Å². The fourth-order valence-electron chi connectivity index (χ4n) is 2.81. The number of rotatable bonds is 8. The van der Waals surface area contributed by atoms with Crippen LogP contribution >= 0.6 is 11.8 Å². The Hall–Kier alpha value is -2.07. The summed E-state index contributed by atoms with van der Waals surface area (Å²) in [6.07, 6.45) is 0. The number of hydrogen-bond donors (Lipinski definition) is 1. The molecule has 1 amide bonds. The second kappa shape index (κ2) is 9.58. The Morgan fingerprint density at radius 2 is 1.42 bits per heavy atom. The third-order valence-corrected chi connectivity index (χ3v) is 5.13. The van der Waals surface area contributed by atoms with Crippen molar-refractivity contribution < 1.29 is 9.59 Å². The molecule has 0 atom stereocenters. The molecule has 0 unspecified atom stereocenters. The lowest BCUT2D eigenvalue weighted by Crippen LogP contribution is -2.18. The molecule has 0 aliphatic carbocycles. The van der Waals surface area contributed by atoms with E-state index in [0.29, 0.717) is 23.2 Å². The first-order valence-electron chi connectivity index (χ1n) is 8.98. The Kier molecular flexibility index (Phi) is 7.46. The van der Waals surface area contributed by atoms with Gasteiger partial charge in [-0.1, -0.05) is 76.2 Å². The smallest absolute Gasteiger partial charge is 0.234 e. The van der Waals surface area contributed by atoms with Gasteiger partial charge in [-0.25, -0.2) is 0 Å². The van der Waals surface area contributed by atoms with E-state index in [-0.39, 0.29) is 17.4 Å². The van der Waals surface area contributed by atoms with E-state index in [1.807, 2.05) is 24.3 Å². The molecule has 2 aromatic carbocycles. The van der Waals surface area contributed by atoms with Gasteiger partial charge in [-0.05, 0) is 23.0 Å². The number of para-hydroxylation sites is 1. The number of carbonyl (C=O) groups is 2. The summed E-state index contributed by atoms with van der Waals surface area (Å²) in [5, 5.41) is 3.08. The molecule has 4 heteroatoms. The van der Waals surface area contributed by atoms with Crippen LogP contribution in [-0.4, -0.2) is 23.2 Å². The molecular weight excluding hydrogens is 342 g/mol. The van der Waals surface area contributed by atoms with Gasteiger partial charge in [0.2, 0.25) is 5.91 Å². The molecular formula is C22H27NO2S. The predicted molar refractivity (Wildman–Crippen MR) is 111 cm³/mol. The van der Waals surface area contributed by atoms with E-state index in [9.17, 15) is 9.59 Å². The molecule has 138 valence electrons. The highest BCUT2D eigenvalue weighted by atomic mass is 32.2. The number of carbonyl (C=O) groups excluding carboxylic acids is 2. The van der Waals surface area contributed by atoms with Crippen molar-refractivity contribution in [2.75, 3.05) is 16.8 Å². The van der Waals surface area contributed by atoms with Crippen LogP contribution in [0.4, 0.5) is 5.69 Å². The van der Waals surface area contributed by atoms with Crippen molar-refractivity contribution in [2.45, 2.75) is 39.5 Å². The van der Waals surface area contributed by atoms with Gasteiger partial charge in [0.05, 0.1) is 11.5 Å². The molecule has 0 radical (unpaired) electrons. The Balaban J connectivity index is 1.98. The number of anilines is 1. The zero-order valence-electron chi connectivity index (χ0n) is 15.9. The summed E-state index contributed by atoms with van der Waals surface area (Å²) >= 11 is 1.35. The zero-order valence-corrected chi connectivity index (χ0v) is 16.7. The average molecular weight is 370 g/mol. The molecule has 0 spiro atoms. The van der Waals surface area contributed by atoms with Gasteiger partial charge in [0, 0.05) is 11.3 Å². The minimum Gasteiger partial charge on any atom is -0.325 e. The van der Waals surface area contributed by atoms with Gasteiger partial charge in [0.25, 0.3) is 0 Å². The highest BCUT2D eigenvalue weighted by Crippen LogP contribution is 2.32. The fourth-order valence-corrected chi connectivity index (χ4v) is 3.53. The van der Waals surface area contributed by atoms with E-state index in [0.717, 1.165) is 16.8 Å². The van der Waals surface area contributed by atoms with Crippen LogP contribution in [0, 0.1) is 0 Å². The third-order valence-electron chi connectivity index (χ3n) is 4.20. The van der Waals surface area contributed by atoms with Crippen LogP contribution in [0.2, 0.25) is 0 Å². The van der Waals surface area contributed by atoms with Crippen molar-refractivity contribution in [3.8, 4) is 0 Å². The van der Waals surface area contributed by atoms with Crippen LogP contribution < -0.4 is 5.32 Å². The lowest BCUT2D eigenvalue weighted by Gasteiger charge is -2.20. The number of amides is 1. The number of Topliss-reactive ketones (excluding diaryl/α,β-unsaturated/α-hetero) is 1. The zero-order chi connectivity index (χ0) is 19.1. The minimum atomic E-state index is -0.0640. The van der Waals surface area contributed by atoms with Gasteiger partial charge in [-0.15, -0.1) is 11.8 Å². The molecule has 2 aromatic rings. The van der Waals surface area contributed by atoms with Crippen LogP contribution in [0.1, 0.15) is 61.0 Å². The van der Waals surface area contributed by atoms with Crippen molar-refractivity contribution in [3.63, 3.8) is 0 Å². The number of thioether (sulfide) groups is 1. The topological polar surface area (TPSA) is 46.2 Å². The lowest BCUT2D eigenvalue weighted by molar-refractivity contribution is -0.113. The maximum absolute atomic E-state index is 12.4. The summed E-state index contributed by atoms with van der Waals surface area (Å²) in [6, 6.07) is 15.4. The molecule has 0 bridgehead atoms. The maximum Gasteiger partial charge on any atom is 0.234 e. The number of benzene rings is 2. The van der Waals surface area contributed by atoms with E-state index >= 15 is 0 Å². The molecule has 0 aromatic heterocycles. The first-order chi connectivity index (χ1) is 12.4. The molecule has 0 heterocycles. The molecule has 0 aliphatic rings. The van der Waals surface area contributed by atoms with E-state index < -0.39 is 0 Å². The van der Waals surface area contributed by atoms with Gasteiger partial charge in [-0.2, -0.15) is 0 Å². The summed E-state index contributed by atoms with van der Waals surface area (Å²) in [6.45, 7) is 8.51. The molecule has 3 nitrogen and oxygen atoms in total. The highest BCUT2D eigenvalue weighted by Gasteiger charge is 2.16. The Morgan fingerprint density at radius 3 is 1.96 bits per heavy atom. The standard InChI is InChI=1S/C22H27NO2S/c1-15(2)18-11-8-12-19(16(3)4)22(18)23-21(25)14-26-13-20(24)17-9-6-5-7-10-17/h5-12,15-16H,13-14H2,1-4H3,(H,23,25). The van der Waals surface area contributed by atoms with Gasteiger partial charge >= 0.3 is 0 Å². The first kappa shape index (κ1) is 20.2. The van der Waals surface area contributed by atoms with Crippen LogP contribution in [0.3, 0.4) is 0 Å². The molecule has 26 heavy (non-hydrogen) atoms. The van der Waals surface area contributed by atoms with Crippen LogP contribution in [0.25, 0.3) is 0 Å². The summed E-state index contributed by atoms with van der Waals surface area (Å²) < 4.78 is 0. The normalized spacial score (nSPS) is 11.0. The van der Waals surface area contributed by atoms with Crippen molar-refractivity contribution in [1.82, 2.24) is 0 Å². The summed E-state index contributed by atoms with van der Waals surface area (Å²) in [5.74, 6) is 1.22. The average Bonchev–Trinajstić information content (AvgIpc) is 2.62. The van der Waals surface area contributed by atoms with Gasteiger partial charge in [0.1, 0.15) is 0 Å². The van der Waals surface area contributed by atoms with Crippen molar-refractivity contribution in [1.29, 1.82) is 0 Å². The monoisotopic (exact) mass is 369 g/mol. The number of ketones is 1. The lowest BCUT2D eigenvalue weighted by atomic mass is 9.92. The quantitative estimate of drug-likeness (QED) is 0.626. The minimum absolute atomic E-state index is 0.0499. The van der Waals surface area contributed by atoms with Crippen LogP contribution in [0.15, 0.2) is 48.5 Å². The van der Waals surface area contributed by atoms with Crippen LogP contribution in [-0.2, 0) is 4.79 Å². The van der Waals surface area contributed by atoms with Crippen molar-refractivity contribution in [2.24, 2.45) is 0 Å². The number of hydrogen-bond acceptors (Lipinski definition) is 3.